The average molecular weight is 387 g/mol. The fourth-order valence-corrected chi connectivity index (χ4v) is 2.14. The van der Waals surface area contributed by atoms with Crippen LogP contribution in [0.5, 0.6) is 0 Å². The first-order chi connectivity index (χ1) is 12.8. The van der Waals surface area contributed by atoms with Crippen LogP contribution in [0.1, 0.15) is 10.4 Å². The molecular formula is C17H11ClN4O5. The van der Waals surface area contributed by atoms with Crippen LogP contribution >= 0.6 is 11.6 Å². The van der Waals surface area contributed by atoms with Crippen molar-refractivity contribution in [2.24, 2.45) is 0 Å². The first kappa shape index (κ1) is 19.4. The van der Waals surface area contributed by atoms with E-state index in [-0.39, 0.29) is 33.2 Å². The second-order valence-electron chi connectivity index (χ2n) is 5.08. The molecule has 0 radical (unpaired) electrons. The zero-order valence-corrected chi connectivity index (χ0v) is 14.2. The molecule has 2 aromatic rings. The van der Waals surface area contributed by atoms with Gasteiger partial charge < -0.3 is 15.7 Å². The van der Waals surface area contributed by atoms with E-state index in [1.807, 2.05) is 0 Å². The monoisotopic (exact) mass is 386 g/mol. The largest absolute Gasteiger partial charge is 0.478 e. The van der Waals surface area contributed by atoms with Crippen LogP contribution < -0.4 is 10.6 Å². The quantitative estimate of drug-likeness (QED) is 0.298. The molecule has 2 aromatic carbocycles. The Kier molecular flexibility index (Phi) is 6.09. The van der Waals surface area contributed by atoms with Gasteiger partial charge >= 0.3 is 5.97 Å². The second-order valence-corrected chi connectivity index (χ2v) is 5.48. The summed E-state index contributed by atoms with van der Waals surface area (Å²) < 4.78 is 0. The Morgan fingerprint density at radius 3 is 2.63 bits per heavy atom. The summed E-state index contributed by atoms with van der Waals surface area (Å²) in [5.41, 5.74) is -0.271. The number of nitrogens with one attached hydrogen (secondary N) is 2. The third-order valence-corrected chi connectivity index (χ3v) is 3.59. The molecule has 0 saturated carbocycles. The summed E-state index contributed by atoms with van der Waals surface area (Å²) in [6, 6.07) is 10.8. The van der Waals surface area contributed by atoms with Gasteiger partial charge in [-0.25, -0.2) is 4.79 Å². The highest BCUT2D eigenvalue weighted by Crippen LogP contribution is 2.26. The molecule has 0 aliphatic rings. The van der Waals surface area contributed by atoms with E-state index < -0.39 is 16.8 Å². The Bertz CT molecular complexity index is 997. The van der Waals surface area contributed by atoms with Crippen molar-refractivity contribution >= 4 is 40.5 Å². The van der Waals surface area contributed by atoms with Crippen LogP contribution in [-0.2, 0) is 4.79 Å². The smallest absolute Gasteiger partial charge is 0.335 e. The summed E-state index contributed by atoms with van der Waals surface area (Å²) in [5.74, 6) is -1.96. The molecule has 0 atom stereocenters. The van der Waals surface area contributed by atoms with Crippen molar-refractivity contribution in [2.75, 3.05) is 10.6 Å². The minimum atomic E-state index is -1.16. The molecular weight excluding hydrogens is 376 g/mol. The Hall–Kier alpha value is -3.90. The number of carboxylic acids is 1. The van der Waals surface area contributed by atoms with Gasteiger partial charge in [0, 0.05) is 24.0 Å². The van der Waals surface area contributed by atoms with E-state index in [0.29, 0.717) is 0 Å². The molecule has 9 nitrogen and oxygen atoms in total. The molecule has 27 heavy (non-hydrogen) atoms. The number of nitro benzene ring substituents is 1. The zero-order valence-electron chi connectivity index (χ0n) is 13.5. The first-order valence-corrected chi connectivity index (χ1v) is 7.65. The molecule has 0 saturated heterocycles. The van der Waals surface area contributed by atoms with Gasteiger partial charge in [0.25, 0.3) is 11.6 Å². The molecule has 0 fully saturated rings. The van der Waals surface area contributed by atoms with Crippen molar-refractivity contribution in [1.29, 1.82) is 5.26 Å². The maximum atomic E-state index is 12.2. The Balaban J connectivity index is 2.19. The van der Waals surface area contributed by atoms with Crippen LogP contribution in [0.2, 0.25) is 5.02 Å². The number of halogens is 1. The Morgan fingerprint density at radius 2 is 2.00 bits per heavy atom. The van der Waals surface area contributed by atoms with Gasteiger partial charge in [0.15, 0.2) is 0 Å². The van der Waals surface area contributed by atoms with E-state index in [4.69, 9.17) is 22.0 Å². The summed E-state index contributed by atoms with van der Waals surface area (Å²) in [6.07, 6.45) is 1.04. The molecule has 0 aromatic heterocycles. The highest BCUT2D eigenvalue weighted by atomic mass is 35.5. The summed E-state index contributed by atoms with van der Waals surface area (Å²) in [7, 11) is 0. The number of non-ortho nitro benzene ring substituents is 1. The lowest BCUT2D eigenvalue weighted by Gasteiger charge is -2.07. The predicted octanol–water partition coefficient (Wildman–Crippen LogP) is 3.40. The van der Waals surface area contributed by atoms with Crippen LogP contribution in [-0.4, -0.2) is 21.9 Å². The van der Waals surface area contributed by atoms with E-state index >= 15 is 0 Å². The van der Waals surface area contributed by atoms with Gasteiger partial charge in [0.2, 0.25) is 0 Å². The van der Waals surface area contributed by atoms with Crippen molar-refractivity contribution in [3.05, 3.63) is 74.9 Å². The molecule has 0 heterocycles. The van der Waals surface area contributed by atoms with Crippen LogP contribution in [0.3, 0.4) is 0 Å². The van der Waals surface area contributed by atoms with Gasteiger partial charge in [-0.3, -0.25) is 14.9 Å². The number of hydrogen-bond acceptors (Lipinski definition) is 6. The number of anilines is 2. The number of amides is 1. The molecule has 1 amide bonds. The first-order valence-electron chi connectivity index (χ1n) is 7.27. The lowest BCUT2D eigenvalue weighted by Crippen LogP contribution is -2.15. The van der Waals surface area contributed by atoms with E-state index in [1.54, 1.807) is 6.07 Å². The molecule has 0 bridgehead atoms. The summed E-state index contributed by atoms with van der Waals surface area (Å²) in [5, 5.41) is 34.0. The van der Waals surface area contributed by atoms with Crippen LogP contribution in [0, 0.1) is 21.4 Å². The topological polar surface area (TPSA) is 145 Å². The normalized spacial score (nSPS) is 10.6. The highest BCUT2D eigenvalue weighted by Gasteiger charge is 2.13. The van der Waals surface area contributed by atoms with Crippen molar-refractivity contribution < 1.29 is 19.6 Å². The Morgan fingerprint density at radius 1 is 1.26 bits per heavy atom. The molecule has 0 aliphatic carbocycles. The van der Waals surface area contributed by atoms with Crippen LogP contribution in [0.15, 0.2) is 54.2 Å². The van der Waals surface area contributed by atoms with Crippen molar-refractivity contribution in [2.45, 2.75) is 0 Å². The van der Waals surface area contributed by atoms with E-state index in [1.165, 1.54) is 36.4 Å². The van der Waals surface area contributed by atoms with Gasteiger partial charge in [0.1, 0.15) is 11.6 Å². The summed E-state index contributed by atoms with van der Waals surface area (Å²) in [4.78, 5) is 33.3. The molecule has 10 heteroatoms. The predicted molar refractivity (Wildman–Crippen MR) is 97.5 cm³/mol. The number of nitrogens with zero attached hydrogens (tertiary/aromatic N) is 2. The van der Waals surface area contributed by atoms with Gasteiger partial charge in [-0.15, -0.1) is 0 Å². The molecule has 136 valence electrons. The summed E-state index contributed by atoms with van der Waals surface area (Å²) in [6.45, 7) is 0. The van der Waals surface area contributed by atoms with Crippen molar-refractivity contribution in [1.82, 2.24) is 0 Å². The van der Waals surface area contributed by atoms with Gasteiger partial charge in [0.05, 0.1) is 21.2 Å². The van der Waals surface area contributed by atoms with Crippen molar-refractivity contribution in [3.8, 4) is 6.07 Å². The Labute approximate surface area is 157 Å². The average Bonchev–Trinajstić information content (AvgIpc) is 2.63. The number of benzene rings is 2. The minimum Gasteiger partial charge on any atom is -0.478 e. The van der Waals surface area contributed by atoms with Gasteiger partial charge in [-0.1, -0.05) is 17.7 Å². The maximum Gasteiger partial charge on any atom is 0.335 e. The minimum absolute atomic E-state index is 0.0308. The molecule has 3 N–H and O–H groups in total. The van der Waals surface area contributed by atoms with Crippen molar-refractivity contribution in [3.63, 3.8) is 0 Å². The zero-order chi connectivity index (χ0) is 20.0. The highest BCUT2D eigenvalue weighted by molar-refractivity contribution is 6.33. The summed E-state index contributed by atoms with van der Waals surface area (Å²) >= 11 is 5.93. The fourth-order valence-electron chi connectivity index (χ4n) is 1.96. The van der Waals surface area contributed by atoms with Gasteiger partial charge in [-0.2, -0.15) is 5.26 Å². The lowest BCUT2D eigenvalue weighted by atomic mass is 10.2. The number of carbonyl (C=O) groups excluding carboxylic acids is 1. The number of aromatic carboxylic acids is 1. The number of rotatable bonds is 6. The number of carbonyl (C=O) groups is 2. The number of carboxylic acid groups (broad SMARTS) is 1. The molecule has 0 unspecified atom stereocenters. The van der Waals surface area contributed by atoms with E-state index in [2.05, 4.69) is 10.6 Å². The molecule has 0 aliphatic heterocycles. The fraction of sp³-hybridized carbons (Fsp3) is 0. The lowest BCUT2D eigenvalue weighted by molar-refractivity contribution is -0.384. The van der Waals surface area contributed by atoms with Gasteiger partial charge in [-0.05, 0) is 24.3 Å². The maximum absolute atomic E-state index is 12.2. The van der Waals surface area contributed by atoms with E-state index in [9.17, 15) is 19.7 Å². The van der Waals surface area contributed by atoms with Crippen LogP contribution in [0.25, 0.3) is 0 Å². The second kappa shape index (κ2) is 8.46. The standard InChI is InChI=1S/C17H11ClN4O5/c18-14-5-4-13(22(26)27)7-15(14)20-9-11(8-19)16(23)21-12-3-1-2-10(6-12)17(24)25/h1-7,9,20H,(H,21,23)(H,24,25)/b11-9-. The van der Waals surface area contributed by atoms with Crippen LogP contribution in [0.4, 0.5) is 17.1 Å². The molecule has 0 spiro atoms. The van der Waals surface area contributed by atoms with E-state index in [0.717, 1.165) is 12.3 Å². The number of nitro groups is 1. The number of hydrogen-bond donors (Lipinski definition) is 3. The third-order valence-electron chi connectivity index (χ3n) is 3.27. The number of nitriles is 1. The molecule has 2 rings (SSSR count). The third kappa shape index (κ3) is 5.04. The SMILES string of the molecule is N#C/C(=C/Nc1cc([N+](=O)[O-])ccc1Cl)C(=O)Nc1cccc(C(=O)O)c1.